The van der Waals surface area contributed by atoms with Crippen LogP contribution < -0.4 is 11.1 Å². The van der Waals surface area contributed by atoms with Crippen molar-refractivity contribution in [1.82, 2.24) is 5.32 Å². The van der Waals surface area contributed by atoms with Crippen LogP contribution in [-0.4, -0.2) is 12.5 Å². The summed E-state index contributed by atoms with van der Waals surface area (Å²) in [5.41, 5.74) is 5.04. The van der Waals surface area contributed by atoms with Crippen molar-refractivity contribution in [1.29, 1.82) is 0 Å². The number of nitrogens with zero attached hydrogens (tertiary/aromatic N) is 1. The van der Waals surface area contributed by atoms with Crippen molar-refractivity contribution in [2.45, 2.75) is 0 Å². The molecule has 0 amide bonds. The monoisotopic (exact) mass is 115 g/mol. The van der Waals surface area contributed by atoms with E-state index in [1.54, 1.807) is 0 Å². The SMILES string of the molecule is NC1=NCNC=C1F. The van der Waals surface area contributed by atoms with Gasteiger partial charge in [0.05, 0.1) is 0 Å². The second kappa shape index (κ2) is 1.81. The second-order valence-corrected chi connectivity index (χ2v) is 1.40. The van der Waals surface area contributed by atoms with Crippen LogP contribution in [0.3, 0.4) is 0 Å². The minimum Gasteiger partial charge on any atom is -0.381 e. The Labute approximate surface area is 46.1 Å². The number of rotatable bonds is 0. The average Bonchev–Trinajstić information content (AvgIpc) is 1.77. The fourth-order valence-corrected chi connectivity index (χ4v) is 0.416. The molecule has 0 saturated heterocycles. The highest BCUT2D eigenvalue weighted by atomic mass is 19.1. The number of hydrogen-bond acceptors (Lipinski definition) is 3. The van der Waals surface area contributed by atoms with Gasteiger partial charge >= 0.3 is 0 Å². The van der Waals surface area contributed by atoms with Gasteiger partial charge < -0.3 is 11.1 Å². The summed E-state index contributed by atoms with van der Waals surface area (Å²) in [5, 5.41) is 2.56. The first-order valence-corrected chi connectivity index (χ1v) is 2.20. The van der Waals surface area contributed by atoms with Crippen molar-refractivity contribution < 1.29 is 4.39 Å². The number of nitrogens with two attached hydrogens (primary N) is 1. The van der Waals surface area contributed by atoms with Crippen molar-refractivity contribution in [3.8, 4) is 0 Å². The number of halogens is 1. The lowest BCUT2D eigenvalue weighted by molar-refractivity contribution is 0.650. The molecule has 1 heterocycles. The highest BCUT2D eigenvalue weighted by Crippen LogP contribution is 1.96. The van der Waals surface area contributed by atoms with Gasteiger partial charge in [-0.1, -0.05) is 0 Å². The number of hydrogen-bond donors (Lipinski definition) is 2. The van der Waals surface area contributed by atoms with E-state index in [4.69, 9.17) is 5.73 Å². The van der Waals surface area contributed by atoms with Gasteiger partial charge in [-0.15, -0.1) is 0 Å². The standard InChI is InChI=1S/C4H6FN3/c5-3-1-7-2-8-4(3)6/h1,7H,2H2,(H2,6,8). The first-order chi connectivity index (χ1) is 3.80. The summed E-state index contributed by atoms with van der Waals surface area (Å²) >= 11 is 0. The topological polar surface area (TPSA) is 50.4 Å². The van der Waals surface area contributed by atoms with Crippen LogP contribution in [0.1, 0.15) is 0 Å². The predicted octanol–water partition coefficient (Wildman–Crippen LogP) is -0.285. The van der Waals surface area contributed by atoms with E-state index in [0.29, 0.717) is 6.67 Å². The molecule has 0 saturated carbocycles. The summed E-state index contributed by atoms with van der Waals surface area (Å²) in [6.07, 6.45) is 1.20. The Morgan fingerprint density at radius 3 is 3.00 bits per heavy atom. The molecule has 3 nitrogen and oxygen atoms in total. The Morgan fingerprint density at radius 1 is 1.88 bits per heavy atom. The predicted molar refractivity (Wildman–Crippen MR) is 28.8 cm³/mol. The van der Waals surface area contributed by atoms with E-state index in [9.17, 15) is 4.39 Å². The molecule has 0 unspecified atom stereocenters. The fraction of sp³-hybridized carbons (Fsp3) is 0.250. The molecule has 3 N–H and O–H groups in total. The van der Waals surface area contributed by atoms with Crippen LogP contribution in [0.5, 0.6) is 0 Å². The smallest absolute Gasteiger partial charge is 0.180 e. The zero-order valence-corrected chi connectivity index (χ0v) is 4.19. The van der Waals surface area contributed by atoms with Crippen molar-refractivity contribution in [2.24, 2.45) is 10.7 Å². The van der Waals surface area contributed by atoms with Crippen LogP contribution in [0.4, 0.5) is 4.39 Å². The molecular formula is C4H6FN3. The molecule has 0 bridgehead atoms. The third-order valence-electron chi connectivity index (χ3n) is 0.814. The molecule has 1 aliphatic rings. The maximum atomic E-state index is 12.1. The third-order valence-corrected chi connectivity index (χ3v) is 0.814. The molecule has 0 fully saturated rings. The fourth-order valence-electron chi connectivity index (χ4n) is 0.416. The van der Waals surface area contributed by atoms with Crippen LogP contribution in [0, 0.1) is 0 Å². The molecule has 0 aromatic rings. The van der Waals surface area contributed by atoms with Crippen LogP contribution in [0.15, 0.2) is 17.0 Å². The van der Waals surface area contributed by atoms with Gasteiger partial charge in [0.25, 0.3) is 0 Å². The van der Waals surface area contributed by atoms with Gasteiger partial charge in [0.1, 0.15) is 6.67 Å². The lowest BCUT2D eigenvalue weighted by Crippen LogP contribution is -2.22. The van der Waals surface area contributed by atoms with Gasteiger partial charge in [0.15, 0.2) is 11.7 Å². The molecule has 0 aliphatic carbocycles. The van der Waals surface area contributed by atoms with Crippen molar-refractivity contribution in [3.63, 3.8) is 0 Å². The lowest BCUT2D eigenvalue weighted by atomic mass is 10.5. The van der Waals surface area contributed by atoms with Crippen LogP contribution >= 0.6 is 0 Å². The molecule has 44 valence electrons. The van der Waals surface area contributed by atoms with Crippen LogP contribution in [-0.2, 0) is 0 Å². The molecular weight excluding hydrogens is 109 g/mol. The quantitative estimate of drug-likeness (QED) is 0.456. The van der Waals surface area contributed by atoms with E-state index in [1.165, 1.54) is 6.20 Å². The molecule has 1 rings (SSSR count). The van der Waals surface area contributed by atoms with Crippen LogP contribution in [0.25, 0.3) is 0 Å². The summed E-state index contributed by atoms with van der Waals surface area (Å²) in [6.45, 7) is 0.374. The van der Waals surface area contributed by atoms with Gasteiger partial charge in [-0.25, -0.2) is 9.38 Å². The van der Waals surface area contributed by atoms with Crippen LogP contribution in [0.2, 0.25) is 0 Å². The van der Waals surface area contributed by atoms with E-state index in [1.807, 2.05) is 0 Å². The zero-order chi connectivity index (χ0) is 5.98. The zero-order valence-electron chi connectivity index (χ0n) is 4.19. The van der Waals surface area contributed by atoms with E-state index in [0.717, 1.165) is 0 Å². The minimum absolute atomic E-state index is 0.0243. The van der Waals surface area contributed by atoms with Gasteiger partial charge in [-0.05, 0) is 0 Å². The van der Waals surface area contributed by atoms with Crippen molar-refractivity contribution in [3.05, 3.63) is 12.0 Å². The molecule has 4 heteroatoms. The van der Waals surface area contributed by atoms with E-state index in [2.05, 4.69) is 10.3 Å². The average molecular weight is 115 g/mol. The minimum atomic E-state index is -0.490. The van der Waals surface area contributed by atoms with Gasteiger partial charge in [-0.3, -0.25) is 0 Å². The second-order valence-electron chi connectivity index (χ2n) is 1.40. The van der Waals surface area contributed by atoms with E-state index in [-0.39, 0.29) is 5.84 Å². The normalized spacial score (nSPS) is 18.6. The summed E-state index contributed by atoms with van der Waals surface area (Å²) in [5.74, 6) is -0.514. The molecule has 0 radical (unpaired) electrons. The maximum Gasteiger partial charge on any atom is 0.180 e. The number of aliphatic imine (C=N–C) groups is 1. The Kier molecular flexibility index (Phi) is 1.15. The Hall–Kier alpha value is -1.06. The maximum absolute atomic E-state index is 12.1. The first kappa shape index (κ1) is 5.08. The molecule has 0 aromatic heterocycles. The summed E-state index contributed by atoms with van der Waals surface area (Å²) in [4.78, 5) is 3.55. The van der Waals surface area contributed by atoms with Gasteiger partial charge in [0.2, 0.25) is 0 Å². The summed E-state index contributed by atoms with van der Waals surface area (Å²) in [7, 11) is 0. The first-order valence-electron chi connectivity index (χ1n) is 2.20. The highest BCUT2D eigenvalue weighted by molar-refractivity contribution is 5.95. The Morgan fingerprint density at radius 2 is 2.62 bits per heavy atom. The van der Waals surface area contributed by atoms with Gasteiger partial charge in [0, 0.05) is 6.20 Å². The number of nitrogens with one attached hydrogen (secondary N) is 1. The van der Waals surface area contributed by atoms with Crippen molar-refractivity contribution in [2.75, 3.05) is 6.67 Å². The largest absolute Gasteiger partial charge is 0.381 e. The molecule has 1 aliphatic heterocycles. The molecule has 0 atom stereocenters. The van der Waals surface area contributed by atoms with E-state index < -0.39 is 5.83 Å². The summed E-state index contributed by atoms with van der Waals surface area (Å²) in [6, 6.07) is 0. The van der Waals surface area contributed by atoms with Crippen molar-refractivity contribution >= 4 is 5.84 Å². The lowest BCUT2D eigenvalue weighted by Gasteiger charge is -2.03. The third kappa shape index (κ3) is 0.776. The summed E-state index contributed by atoms with van der Waals surface area (Å²) < 4.78 is 12.1. The molecule has 0 aromatic carbocycles. The Balaban J connectivity index is 2.73. The van der Waals surface area contributed by atoms with Gasteiger partial charge in [-0.2, -0.15) is 0 Å². The molecule has 8 heavy (non-hydrogen) atoms. The highest BCUT2D eigenvalue weighted by Gasteiger charge is 2.02. The van der Waals surface area contributed by atoms with E-state index >= 15 is 0 Å². The molecule has 0 spiro atoms. The Bertz CT molecular complexity index is 131. The number of amidine groups is 1.